The summed E-state index contributed by atoms with van der Waals surface area (Å²) in [5.41, 5.74) is 1.54. The number of carbonyl (C=O) groups is 1. The molecule has 7 nitrogen and oxygen atoms in total. The van der Waals surface area contributed by atoms with Crippen LogP contribution in [-0.2, 0) is 11.2 Å². The molecule has 1 aliphatic heterocycles. The molecule has 2 aromatic heterocycles. The molecule has 2 N–H and O–H groups in total. The number of carbonyl (C=O) groups excluding carboxylic acids is 1. The van der Waals surface area contributed by atoms with Gasteiger partial charge in [0.25, 0.3) is 11.5 Å². The number of fused-ring (bicyclic) bond motifs is 1. The van der Waals surface area contributed by atoms with E-state index >= 15 is 0 Å². The van der Waals surface area contributed by atoms with Crippen LogP contribution in [-0.4, -0.2) is 49.3 Å². The molecule has 31 heavy (non-hydrogen) atoms. The molecule has 0 saturated carbocycles. The summed E-state index contributed by atoms with van der Waals surface area (Å²) in [7, 11) is 0. The maximum absolute atomic E-state index is 13.1. The first kappa shape index (κ1) is 21.2. The lowest BCUT2D eigenvalue weighted by atomic mass is 10.1. The van der Waals surface area contributed by atoms with Gasteiger partial charge in [-0.1, -0.05) is 60.4 Å². The normalized spacial score (nSPS) is 15.3. The fraction of sp³-hybridized carbons (Fsp3) is 0.182. The lowest BCUT2D eigenvalue weighted by Gasteiger charge is -2.14. The van der Waals surface area contributed by atoms with Gasteiger partial charge < -0.3 is 10.4 Å². The SMILES string of the molecule is O=C1/C(=C/c2c(NCCO)nc3ccccn3c2=O)SC(=S)N1CCc1ccccc1. The Kier molecular flexibility index (Phi) is 6.45. The van der Waals surface area contributed by atoms with E-state index in [-0.39, 0.29) is 30.2 Å². The van der Waals surface area contributed by atoms with Crippen LogP contribution < -0.4 is 10.9 Å². The van der Waals surface area contributed by atoms with Crippen molar-refractivity contribution in [2.75, 3.05) is 25.0 Å². The Bertz CT molecular complexity index is 1220. The third-order valence-electron chi connectivity index (χ3n) is 4.79. The van der Waals surface area contributed by atoms with Gasteiger partial charge in [-0.15, -0.1) is 0 Å². The van der Waals surface area contributed by atoms with Crippen molar-refractivity contribution in [3.63, 3.8) is 0 Å². The van der Waals surface area contributed by atoms with Gasteiger partial charge in [0.2, 0.25) is 0 Å². The number of pyridine rings is 1. The molecule has 4 rings (SSSR count). The molecule has 0 radical (unpaired) electrons. The molecular formula is C22H20N4O3S2. The Labute approximate surface area is 188 Å². The van der Waals surface area contributed by atoms with E-state index in [1.807, 2.05) is 30.3 Å². The van der Waals surface area contributed by atoms with Gasteiger partial charge in [-0.05, 0) is 30.2 Å². The number of hydrogen-bond acceptors (Lipinski definition) is 7. The standard InChI is InChI=1S/C22H20N4O3S2/c27-13-10-23-19-16(20(28)25-11-5-4-8-18(25)24-19)14-17-21(29)26(22(30)31-17)12-9-15-6-2-1-3-7-15/h1-8,11,14,23,27H,9-10,12-13H2/b17-14-. The molecule has 1 saturated heterocycles. The Morgan fingerprint density at radius 1 is 1.13 bits per heavy atom. The number of aliphatic hydroxyl groups is 1. The van der Waals surface area contributed by atoms with Crippen LogP contribution in [0.5, 0.6) is 0 Å². The average molecular weight is 453 g/mol. The number of nitrogens with zero attached hydrogens (tertiary/aromatic N) is 3. The molecule has 0 unspecified atom stereocenters. The molecule has 9 heteroatoms. The fourth-order valence-corrected chi connectivity index (χ4v) is 4.54. The molecule has 1 amide bonds. The number of nitrogens with one attached hydrogen (secondary N) is 1. The van der Waals surface area contributed by atoms with Crippen LogP contribution >= 0.6 is 24.0 Å². The number of thiocarbonyl (C=S) groups is 1. The zero-order valence-electron chi connectivity index (χ0n) is 16.5. The molecule has 1 aliphatic rings. The van der Waals surface area contributed by atoms with Gasteiger partial charge in [0.05, 0.1) is 17.1 Å². The zero-order chi connectivity index (χ0) is 21.8. The summed E-state index contributed by atoms with van der Waals surface area (Å²) >= 11 is 6.59. The van der Waals surface area contributed by atoms with Crippen molar-refractivity contribution < 1.29 is 9.90 Å². The number of anilines is 1. The largest absolute Gasteiger partial charge is 0.395 e. The van der Waals surface area contributed by atoms with Crippen molar-refractivity contribution in [3.8, 4) is 0 Å². The minimum absolute atomic E-state index is 0.114. The molecule has 3 aromatic rings. The summed E-state index contributed by atoms with van der Waals surface area (Å²) in [6.07, 6.45) is 3.85. The predicted octanol–water partition coefficient (Wildman–Crippen LogP) is 2.54. The monoisotopic (exact) mass is 452 g/mol. The highest BCUT2D eigenvalue weighted by Crippen LogP contribution is 2.33. The summed E-state index contributed by atoms with van der Waals surface area (Å²) in [5.74, 6) is 0.0939. The van der Waals surface area contributed by atoms with E-state index < -0.39 is 0 Å². The minimum Gasteiger partial charge on any atom is -0.395 e. The van der Waals surface area contributed by atoms with Gasteiger partial charge in [0, 0.05) is 19.3 Å². The van der Waals surface area contributed by atoms with Crippen molar-refractivity contribution in [2.45, 2.75) is 6.42 Å². The Morgan fingerprint density at radius 3 is 2.68 bits per heavy atom. The summed E-state index contributed by atoms with van der Waals surface area (Å²) in [6.45, 7) is 0.585. The number of aromatic nitrogens is 2. The third-order valence-corrected chi connectivity index (χ3v) is 6.17. The fourth-order valence-electron chi connectivity index (χ4n) is 3.25. The van der Waals surface area contributed by atoms with Crippen molar-refractivity contribution in [3.05, 3.63) is 81.1 Å². The van der Waals surface area contributed by atoms with Crippen LogP contribution in [0.4, 0.5) is 5.82 Å². The molecular weight excluding hydrogens is 432 g/mol. The second kappa shape index (κ2) is 9.42. The highest BCUT2D eigenvalue weighted by molar-refractivity contribution is 8.26. The van der Waals surface area contributed by atoms with E-state index in [2.05, 4.69) is 10.3 Å². The van der Waals surface area contributed by atoms with Crippen LogP contribution in [0.15, 0.2) is 64.4 Å². The van der Waals surface area contributed by atoms with Crippen LogP contribution in [0, 0.1) is 0 Å². The highest BCUT2D eigenvalue weighted by atomic mass is 32.2. The van der Waals surface area contributed by atoms with E-state index in [9.17, 15) is 14.7 Å². The summed E-state index contributed by atoms with van der Waals surface area (Å²) in [6, 6.07) is 15.1. The van der Waals surface area contributed by atoms with Gasteiger partial charge >= 0.3 is 0 Å². The molecule has 1 fully saturated rings. The van der Waals surface area contributed by atoms with Crippen LogP contribution in [0.25, 0.3) is 11.7 Å². The minimum atomic E-state index is -0.305. The molecule has 0 spiro atoms. The molecule has 158 valence electrons. The summed E-state index contributed by atoms with van der Waals surface area (Å²) < 4.78 is 1.89. The quantitative estimate of drug-likeness (QED) is 0.421. The molecule has 3 heterocycles. The Hall–Kier alpha value is -3.01. The van der Waals surface area contributed by atoms with Crippen LogP contribution in [0.3, 0.4) is 0 Å². The number of thioether (sulfide) groups is 1. The van der Waals surface area contributed by atoms with Crippen molar-refractivity contribution in [1.82, 2.24) is 14.3 Å². The molecule has 0 bridgehead atoms. The number of hydrogen-bond donors (Lipinski definition) is 2. The number of aliphatic hydroxyl groups excluding tert-OH is 1. The average Bonchev–Trinajstić information content (AvgIpc) is 3.06. The first-order valence-corrected chi connectivity index (χ1v) is 11.0. The van der Waals surface area contributed by atoms with Gasteiger partial charge in [-0.3, -0.25) is 18.9 Å². The highest BCUT2D eigenvalue weighted by Gasteiger charge is 2.32. The van der Waals surface area contributed by atoms with E-state index in [1.165, 1.54) is 22.2 Å². The smallest absolute Gasteiger partial charge is 0.267 e. The number of amides is 1. The lowest BCUT2D eigenvalue weighted by molar-refractivity contribution is -0.122. The molecule has 0 aliphatic carbocycles. The lowest BCUT2D eigenvalue weighted by Crippen LogP contribution is -2.30. The second-order valence-electron chi connectivity index (χ2n) is 6.83. The summed E-state index contributed by atoms with van der Waals surface area (Å²) in [4.78, 5) is 32.5. The van der Waals surface area contributed by atoms with E-state index in [0.29, 0.717) is 33.7 Å². The number of benzene rings is 1. The van der Waals surface area contributed by atoms with E-state index in [4.69, 9.17) is 12.2 Å². The third kappa shape index (κ3) is 4.53. The summed E-state index contributed by atoms with van der Waals surface area (Å²) in [5, 5.41) is 12.1. The van der Waals surface area contributed by atoms with E-state index in [1.54, 1.807) is 29.3 Å². The van der Waals surface area contributed by atoms with Crippen molar-refractivity contribution in [1.29, 1.82) is 0 Å². The molecule has 0 atom stereocenters. The zero-order valence-corrected chi connectivity index (χ0v) is 18.2. The predicted molar refractivity (Wildman–Crippen MR) is 127 cm³/mol. The maximum atomic E-state index is 13.1. The van der Waals surface area contributed by atoms with Crippen molar-refractivity contribution in [2.24, 2.45) is 0 Å². The first-order valence-electron chi connectivity index (χ1n) is 9.74. The first-order chi connectivity index (χ1) is 15.1. The van der Waals surface area contributed by atoms with Gasteiger partial charge in [-0.2, -0.15) is 0 Å². The van der Waals surface area contributed by atoms with Crippen molar-refractivity contribution >= 4 is 51.7 Å². The van der Waals surface area contributed by atoms with E-state index in [0.717, 1.165) is 5.56 Å². The second-order valence-corrected chi connectivity index (χ2v) is 8.50. The van der Waals surface area contributed by atoms with Crippen LogP contribution in [0.2, 0.25) is 0 Å². The Balaban J connectivity index is 1.66. The van der Waals surface area contributed by atoms with Gasteiger partial charge in [-0.25, -0.2) is 4.98 Å². The van der Waals surface area contributed by atoms with Crippen LogP contribution in [0.1, 0.15) is 11.1 Å². The maximum Gasteiger partial charge on any atom is 0.267 e. The molecule has 1 aromatic carbocycles. The Morgan fingerprint density at radius 2 is 1.90 bits per heavy atom. The number of rotatable bonds is 7. The van der Waals surface area contributed by atoms with Gasteiger partial charge in [0.15, 0.2) is 0 Å². The topological polar surface area (TPSA) is 86.9 Å². The van der Waals surface area contributed by atoms with Gasteiger partial charge in [0.1, 0.15) is 15.8 Å².